The highest BCUT2D eigenvalue weighted by atomic mass is 16.6. The summed E-state index contributed by atoms with van der Waals surface area (Å²) < 4.78 is 46.7. The zero-order valence-electron chi connectivity index (χ0n) is 36.4. The van der Waals surface area contributed by atoms with Gasteiger partial charge in [-0.3, -0.25) is 14.9 Å². The fraction of sp³-hybridized carbons (Fsp3) is 0.373. The molecule has 6 heterocycles. The topological polar surface area (TPSA) is 167 Å². The normalized spacial score (nSPS) is 23.1. The Morgan fingerprint density at radius 1 is 0.621 bits per heavy atom. The summed E-state index contributed by atoms with van der Waals surface area (Å²) in [7, 11) is 0. The van der Waals surface area contributed by atoms with Gasteiger partial charge in [-0.25, -0.2) is 4.90 Å². The molecule has 344 valence electrons. The Balaban J connectivity index is 0.000000158. The maximum absolute atomic E-state index is 13.3. The van der Waals surface area contributed by atoms with Crippen LogP contribution in [0.2, 0.25) is 0 Å². The molecule has 0 aromatic heterocycles. The average Bonchev–Trinajstić information content (AvgIpc) is 4.07. The van der Waals surface area contributed by atoms with Gasteiger partial charge in [0.25, 0.3) is 0 Å². The molecule has 0 spiro atoms. The average molecular weight is 900 g/mol. The number of amides is 1. The quantitative estimate of drug-likeness (QED) is 0.145. The van der Waals surface area contributed by atoms with Crippen molar-refractivity contribution in [2.45, 2.75) is 55.4 Å². The van der Waals surface area contributed by atoms with Gasteiger partial charge in [-0.2, -0.15) is 0 Å². The largest absolute Gasteiger partial charge is 0.486 e. The van der Waals surface area contributed by atoms with Crippen LogP contribution in [0.4, 0.5) is 0 Å². The SMILES string of the molecule is O=C([C@@H](NC(CO)c1ccccc1)[C@H](O)c1ccc2c(c1)OCCO2)N1CCCC1.O=C1OC[C@H](c2ccccc2)N2C1[C@@H](c1ccc3c(c1)OCCO3)O[C@H]2c1ccc2c(c1)OCCO2. The lowest BCUT2D eigenvalue weighted by atomic mass is 9.96. The van der Waals surface area contributed by atoms with Crippen molar-refractivity contribution in [2.75, 3.05) is 65.9 Å². The summed E-state index contributed by atoms with van der Waals surface area (Å²) in [6.07, 6.45) is -0.242. The van der Waals surface area contributed by atoms with Crippen molar-refractivity contribution in [3.05, 3.63) is 143 Å². The van der Waals surface area contributed by atoms with E-state index in [0.29, 0.717) is 92.8 Å². The first kappa shape index (κ1) is 43.5. The van der Waals surface area contributed by atoms with Gasteiger partial charge in [-0.15, -0.1) is 0 Å². The number of nitrogens with one attached hydrogen (secondary N) is 1. The molecule has 5 aromatic rings. The highest BCUT2D eigenvalue weighted by molar-refractivity contribution is 5.83. The van der Waals surface area contributed by atoms with Gasteiger partial charge < -0.3 is 53.0 Å². The number of hydrogen-bond donors (Lipinski definition) is 3. The fourth-order valence-corrected chi connectivity index (χ4v) is 9.45. The summed E-state index contributed by atoms with van der Waals surface area (Å²) in [6, 6.07) is 34.1. The number of likely N-dealkylation sites (tertiary alicyclic amines) is 1. The number of rotatable bonds is 10. The van der Waals surface area contributed by atoms with Crippen molar-refractivity contribution in [1.29, 1.82) is 0 Å². The molecule has 0 saturated carbocycles. The van der Waals surface area contributed by atoms with Crippen LogP contribution in [-0.4, -0.2) is 110 Å². The van der Waals surface area contributed by atoms with Crippen LogP contribution in [0.15, 0.2) is 115 Å². The second kappa shape index (κ2) is 19.6. The predicted octanol–water partition coefficient (Wildman–Crippen LogP) is 5.77. The molecule has 3 N–H and O–H groups in total. The minimum atomic E-state index is -1.10. The van der Waals surface area contributed by atoms with Gasteiger partial charge in [0.15, 0.2) is 34.5 Å². The molecular weight excluding hydrogens is 847 g/mol. The van der Waals surface area contributed by atoms with Crippen LogP contribution in [0.1, 0.15) is 71.2 Å². The number of nitrogens with zero attached hydrogens (tertiary/aromatic N) is 2. The van der Waals surface area contributed by atoms with Crippen LogP contribution >= 0.6 is 0 Å². The van der Waals surface area contributed by atoms with Crippen molar-refractivity contribution in [3.63, 3.8) is 0 Å². The molecule has 7 atom stereocenters. The Kier molecular flexibility index (Phi) is 12.9. The van der Waals surface area contributed by atoms with Crippen LogP contribution in [0.5, 0.6) is 34.5 Å². The number of fused-ring (bicyclic) bond motifs is 4. The molecule has 3 fully saturated rings. The molecule has 5 aromatic carbocycles. The number of aliphatic hydroxyl groups excluding tert-OH is 2. The van der Waals surface area contributed by atoms with Gasteiger partial charge in [0.1, 0.15) is 76.8 Å². The summed E-state index contributed by atoms with van der Waals surface area (Å²) in [6.45, 7) is 4.36. The van der Waals surface area contributed by atoms with Crippen LogP contribution in [-0.2, 0) is 19.1 Å². The zero-order chi connectivity index (χ0) is 45.0. The van der Waals surface area contributed by atoms with Gasteiger partial charge in [-0.1, -0.05) is 78.9 Å². The molecule has 15 heteroatoms. The standard InChI is InChI=1S/C28H25NO7.C23H28N2O5/c30-28-25-26(18-6-8-21-23(14-18)33-12-10-31-21)36-27(19-7-9-22-24(15-19)34-13-11-32-22)29(25)20(16-35-28)17-4-2-1-3-5-17;26-15-18(16-6-2-1-3-7-16)24-21(23(28)25-10-4-5-11-25)22(27)17-8-9-19-20(14-17)30-13-12-29-19/h1-9,14-15,20,25-27H,10-13,16H2;1-3,6-9,14,18,21-22,24,26-27H,4-5,10-13,15H2/t20-,25?,26-,27+;18?,21-,22+/m10/s1. The van der Waals surface area contributed by atoms with Gasteiger partial charge in [0.05, 0.1) is 18.7 Å². The van der Waals surface area contributed by atoms with E-state index in [-0.39, 0.29) is 31.1 Å². The molecule has 66 heavy (non-hydrogen) atoms. The van der Waals surface area contributed by atoms with E-state index < -0.39 is 36.6 Å². The number of cyclic esters (lactones) is 1. The van der Waals surface area contributed by atoms with Crippen LogP contribution < -0.4 is 33.7 Å². The molecular formula is C51H53N3O12. The Bertz CT molecular complexity index is 2490. The number of carbonyl (C=O) groups excluding carboxylic acids is 2. The zero-order valence-corrected chi connectivity index (χ0v) is 36.4. The molecule has 6 aliphatic rings. The summed E-state index contributed by atoms with van der Waals surface area (Å²) in [5, 5.41) is 24.4. The molecule has 6 aliphatic heterocycles. The second-order valence-corrected chi connectivity index (χ2v) is 16.8. The van der Waals surface area contributed by atoms with Crippen molar-refractivity contribution >= 4 is 11.9 Å². The highest BCUT2D eigenvalue weighted by Gasteiger charge is 2.54. The van der Waals surface area contributed by atoms with E-state index in [1.54, 1.807) is 23.1 Å². The van der Waals surface area contributed by atoms with E-state index in [1.165, 1.54) is 0 Å². The van der Waals surface area contributed by atoms with Gasteiger partial charge >= 0.3 is 5.97 Å². The van der Waals surface area contributed by atoms with Crippen LogP contribution in [0.3, 0.4) is 0 Å². The minimum Gasteiger partial charge on any atom is -0.486 e. The molecule has 1 amide bonds. The van der Waals surface area contributed by atoms with E-state index in [4.69, 9.17) is 37.9 Å². The maximum atomic E-state index is 13.3. The molecule has 15 nitrogen and oxygen atoms in total. The van der Waals surface area contributed by atoms with Crippen molar-refractivity contribution < 1.29 is 57.7 Å². The van der Waals surface area contributed by atoms with Gasteiger partial charge in [0.2, 0.25) is 5.91 Å². The molecule has 0 bridgehead atoms. The molecule has 0 aliphatic carbocycles. The Morgan fingerprint density at radius 3 is 1.79 bits per heavy atom. The highest BCUT2D eigenvalue weighted by Crippen LogP contribution is 2.51. The third-order valence-electron chi connectivity index (χ3n) is 12.7. The van der Waals surface area contributed by atoms with E-state index in [0.717, 1.165) is 35.1 Å². The Morgan fingerprint density at radius 2 is 1.17 bits per heavy atom. The lowest BCUT2D eigenvalue weighted by Gasteiger charge is -2.39. The number of hydrogen-bond acceptors (Lipinski definition) is 14. The number of morpholine rings is 1. The van der Waals surface area contributed by atoms with Gasteiger partial charge in [0, 0.05) is 13.1 Å². The molecule has 3 saturated heterocycles. The van der Waals surface area contributed by atoms with Crippen LogP contribution in [0.25, 0.3) is 0 Å². The fourth-order valence-electron chi connectivity index (χ4n) is 9.45. The Hall–Kier alpha value is -6.36. The summed E-state index contributed by atoms with van der Waals surface area (Å²) in [5.41, 5.74) is 4.20. The van der Waals surface area contributed by atoms with E-state index in [2.05, 4.69) is 22.3 Å². The first-order chi connectivity index (χ1) is 32.4. The number of ether oxygens (including phenoxy) is 8. The van der Waals surface area contributed by atoms with Crippen LogP contribution in [0, 0.1) is 0 Å². The van der Waals surface area contributed by atoms with Crippen molar-refractivity contribution in [1.82, 2.24) is 15.1 Å². The lowest BCUT2D eigenvalue weighted by Crippen LogP contribution is -2.50. The first-order valence-corrected chi connectivity index (χ1v) is 22.7. The number of aliphatic hydroxyl groups is 2. The number of esters is 1. The first-order valence-electron chi connectivity index (χ1n) is 22.7. The third-order valence-corrected chi connectivity index (χ3v) is 12.7. The van der Waals surface area contributed by atoms with Gasteiger partial charge in [-0.05, 0) is 77.1 Å². The summed E-state index contributed by atoms with van der Waals surface area (Å²) in [4.78, 5) is 30.5. The Labute approximate surface area is 382 Å². The minimum absolute atomic E-state index is 0.163. The van der Waals surface area contributed by atoms with Crippen molar-refractivity contribution in [3.8, 4) is 34.5 Å². The number of benzene rings is 5. The summed E-state index contributed by atoms with van der Waals surface area (Å²) in [5.74, 6) is 3.46. The molecule has 11 rings (SSSR count). The predicted molar refractivity (Wildman–Crippen MR) is 239 cm³/mol. The molecule has 2 unspecified atom stereocenters. The number of carbonyl (C=O) groups is 2. The summed E-state index contributed by atoms with van der Waals surface area (Å²) >= 11 is 0. The van der Waals surface area contributed by atoms with Crippen molar-refractivity contribution in [2.24, 2.45) is 0 Å². The smallest absolute Gasteiger partial charge is 0.326 e. The van der Waals surface area contributed by atoms with E-state index in [9.17, 15) is 19.8 Å². The van der Waals surface area contributed by atoms with E-state index in [1.807, 2.05) is 84.9 Å². The molecule has 0 radical (unpaired) electrons. The maximum Gasteiger partial charge on any atom is 0.326 e. The van der Waals surface area contributed by atoms with E-state index >= 15 is 0 Å². The lowest BCUT2D eigenvalue weighted by molar-refractivity contribution is -0.163. The monoisotopic (exact) mass is 899 g/mol. The third kappa shape index (κ3) is 8.96. The second-order valence-electron chi connectivity index (χ2n) is 16.8.